The fraction of sp³-hybridized carbons (Fsp3) is 0. The molecule has 0 spiro atoms. The summed E-state index contributed by atoms with van der Waals surface area (Å²) in [5, 5.41) is 0. The van der Waals surface area contributed by atoms with Gasteiger partial charge in [-0.1, -0.05) is 0 Å². The maximum absolute atomic E-state index is 10.9. The second-order valence-electron chi connectivity index (χ2n) is 3.90. The van der Waals surface area contributed by atoms with Crippen molar-refractivity contribution in [2.75, 3.05) is 0 Å². The standard InChI is InChI=1S/C5H4N4O3.C5H4N4/c10-3-1-2(7-4(11)6-1)8-5(12)9-3;1-4-5(8-2-6-1)9-3-7-4/h(H4,6,7,8,9,10,11,12);1-3H,(H,6,7,8,9). The van der Waals surface area contributed by atoms with Crippen LogP contribution in [0.3, 0.4) is 0 Å². The maximum Gasteiger partial charge on any atom is 0.327 e. The van der Waals surface area contributed by atoms with E-state index < -0.39 is 16.9 Å². The molecule has 4 heterocycles. The number of hydrogen-bond acceptors (Lipinski definition) is 6. The molecule has 106 valence electrons. The van der Waals surface area contributed by atoms with Gasteiger partial charge >= 0.3 is 11.4 Å². The molecule has 0 atom stereocenters. The van der Waals surface area contributed by atoms with E-state index in [1.807, 2.05) is 4.98 Å². The number of H-pyrrole nitrogens is 5. The van der Waals surface area contributed by atoms with Crippen molar-refractivity contribution in [1.82, 2.24) is 39.9 Å². The summed E-state index contributed by atoms with van der Waals surface area (Å²) in [6.07, 6.45) is 4.76. The zero-order valence-corrected chi connectivity index (χ0v) is 10.3. The Labute approximate surface area is 113 Å². The van der Waals surface area contributed by atoms with Crippen LogP contribution in [0.2, 0.25) is 0 Å². The average Bonchev–Trinajstić information content (AvgIpc) is 3.05. The monoisotopic (exact) mass is 288 g/mol. The van der Waals surface area contributed by atoms with Gasteiger partial charge in [-0.3, -0.25) is 24.7 Å². The van der Waals surface area contributed by atoms with E-state index in [0.717, 1.165) is 5.52 Å². The Morgan fingerprint density at radius 1 is 0.905 bits per heavy atom. The smallest absolute Gasteiger partial charge is 0.327 e. The third-order valence-corrected chi connectivity index (χ3v) is 2.52. The molecule has 4 aromatic rings. The highest BCUT2D eigenvalue weighted by Gasteiger charge is 2.02. The first-order valence-corrected chi connectivity index (χ1v) is 5.67. The first-order chi connectivity index (χ1) is 10.1. The summed E-state index contributed by atoms with van der Waals surface area (Å²) >= 11 is 0. The Kier molecular flexibility index (Phi) is 2.91. The van der Waals surface area contributed by atoms with Gasteiger partial charge in [-0.25, -0.2) is 24.5 Å². The van der Waals surface area contributed by atoms with Crippen molar-refractivity contribution in [2.24, 2.45) is 0 Å². The molecule has 0 aliphatic carbocycles. The number of fused-ring (bicyclic) bond motifs is 2. The minimum Gasteiger partial charge on any atom is -0.342 e. The topological polar surface area (TPSA) is 169 Å². The van der Waals surface area contributed by atoms with E-state index in [4.69, 9.17) is 0 Å². The van der Waals surface area contributed by atoms with Gasteiger partial charge in [0, 0.05) is 0 Å². The second-order valence-corrected chi connectivity index (χ2v) is 3.90. The zero-order valence-electron chi connectivity index (χ0n) is 10.3. The van der Waals surface area contributed by atoms with Crippen LogP contribution in [0.15, 0.2) is 33.2 Å². The van der Waals surface area contributed by atoms with Gasteiger partial charge in [0.25, 0.3) is 5.56 Å². The van der Waals surface area contributed by atoms with Crippen LogP contribution in [-0.4, -0.2) is 39.9 Å². The van der Waals surface area contributed by atoms with Crippen LogP contribution in [0.1, 0.15) is 0 Å². The van der Waals surface area contributed by atoms with Crippen molar-refractivity contribution in [1.29, 1.82) is 0 Å². The summed E-state index contributed by atoms with van der Waals surface area (Å²) in [6.45, 7) is 0. The molecule has 11 nitrogen and oxygen atoms in total. The molecule has 0 bridgehead atoms. The molecular weight excluding hydrogens is 280 g/mol. The van der Waals surface area contributed by atoms with Gasteiger partial charge in [0.1, 0.15) is 23.0 Å². The van der Waals surface area contributed by atoms with Crippen molar-refractivity contribution in [2.45, 2.75) is 0 Å². The molecule has 4 aromatic heterocycles. The molecule has 0 aromatic carbocycles. The quantitative estimate of drug-likeness (QED) is 0.266. The minimum atomic E-state index is -0.650. The number of nitrogens with one attached hydrogen (secondary N) is 5. The normalized spacial score (nSPS) is 10.5. The number of rotatable bonds is 0. The van der Waals surface area contributed by atoms with Crippen LogP contribution in [0.4, 0.5) is 0 Å². The lowest BCUT2D eigenvalue weighted by molar-refractivity contribution is 1.07. The van der Waals surface area contributed by atoms with Crippen LogP contribution < -0.4 is 16.9 Å². The first kappa shape index (κ1) is 12.5. The maximum atomic E-state index is 10.9. The SMILES string of the molecule is O=c1[nH]c(=O)c2[nH]c(=O)[nH]c2[nH]1.c1ncc2[nH]cnc2n1. The van der Waals surface area contributed by atoms with Crippen LogP contribution >= 0.6 is 0 Å². The molecule has 11 heteroatoms. The number of nitrogens with zero attached hydrogens (tertiary/aromatic N) is 3. The molecule has 4 rings (SSSR count). The molecule has 0 radical (unpaired) electrons. The Morgan fingerprint density at radius 2 is 1.67 bits per heavy atom. The van der Waals surface area contributed by atoms with E-state index in [2.05, 4.69) is 34.9 Å². The summed E-state index contributed by atoms with van der Waals surface area (Å²) in [4.78, 5) is 55.5. The average molecular weight is 288 g/mol. The van der Waals surface area contributed by atoms with Gasteiger partial charge in [-0.05, 0) is 0 Å². The number of hydrogen-bond donors (Lipinski definition) is 5. The van der Waals surface area contributed by atoms with E-state index in [0.29, 0.717) is 5.65 Å². The highest BCUT2D eigenvalue weighted by molar-refractivity contribution is 5.67. The Bertz CT molecular complexity index is 1030. The zero-order chi connectivity index (χ0) is 14.8. The lowest BCUT2D eigenvalue weighted by Crippen LogP contribution is -2.21. The fourth-order valence-electron chi connectivity index (χ4n) is 1.65. The summed E-state index contributed by atoms with van der Waals surface area (Å²) in [5.41, 5.74) is -0.0666. The molecule has 0 unspecified atom stereocenters. The third-order valence-electron chi connectivity index (χ3n) is 2.52. The Morgan fingerprint density at radius 3 is 2.43 bits per heavy atom. The molecule has 5 N–H and O–H groups in total. The van der Waals surface area contributed by atoms with E-state index in [1.54, 1.807) is 12.5 Å². The van der Waals surface area contributed by atoms with E-state index in [-0.39, 0.29) is 11.2 Å². The molecular formula is C10H8N8O3. The minimum absolute atomic E-state index is 0.0413. The van der Waals surface area contributed by atoms with Crippen molar-refractivity contribution >= 4 is 22.3 Å². The molecule has 0 aliphatic heterocycles. The predicted molar refractivity (Wildman–Crippen MR) is 71.8 cm³/mol. The molecule has 0 saturated heterocycles. The van der Waals surface area contributed by atoms with Crippen LogP contribution in [0.5, 0.6) is 0 Å². The van der Waals surface area contributed by atoms with E-state index in [9.17, 15) is 14.4 Å². The Balaban J connectivity index is 0.000000131. The summed E-state index contributed by atoms with van der Waals surface area (Å²) in [6, 6.07) is 0. The van der Waals surface area contributed by atoms with E-state index in [1.165, 1.54) is 6.33 Å². The highest BCUT2D eigenvalue weighted by atomic mass is 16.2. The van der Waals surface area contributed by atoms with Crippen LogP contribution in [-0.2, 0) is 0 Å². The first-order valence-electron chi connectivity index (χ1n) is 5.67. The summed E-state index contributed by atoms with van der Waals surface area (Å²) in [5.74, 6) is 0. The molecule has 21 heavy (non-hydrogen) atoms. The van der Waals surface area contributed by atoms with Gasteiger partial charge < -0.3 is 4.98 Å². The molecule has 0 amide bonds. The molecule has 0 saturated carbocycles. The van der Waals surface area contributed by atoms with Crippen LogP contribution in [0.25, 0.3) is 22.3 Å². The molecule has 0 aliphatic rings. The summed E-state index contributed by atoms with van der Waals surface area (Å²) < 4.78 is 0. The fourth-order valence-corrected chi connectivity index (χ4v) is 1.65. The number of imidazole rings is 2. The second kappa shape index (κ2) is 4.88. The highest BCUT2D eigenvalue weighted by Crippen LogP contribution is 1.99. The summed E-state index contributed by atoms with van der Waals surface area (Å²) in [7, 11) is 0. The van der Waals surface area contributed by atoms with Crippen molar-refractivity contribution in [3.05, 3.63) is 50.2 Å². The lowest BCUT2D eigenvalue weighted by atomic mass is 10.5. The van der Waals surface area contributed by atoms with Gasteiger partial charge in [0.05, 0.1) is 12.5 Å². The third kappa shape index (κ3) is 2.47. The molecule has 0 fully saturated rings. The van der Waals surface area contributed by atoms with Gasteiger partial charge in [-0.15, -0.1) is 0 Å². The van der Waals surface area contributed by atoms with Crippen molar-refractivity contribution in [3.63, 3.8) is 0 Å². The van der Waals surface area contributed by atoms with Gasteiger partial charge in [0.2, 0.25) is 0 Å². The van der Waals surface area contributed by atoms with Gasteiger partial charge in [-0.2, -0.15) is 0 Å². The van der Waals surface area contributed by atoms with E-state index >= 15 is 0 Å². The predicted octanol–water partition coefficient (Wildman–Crippen LogP) is -1.41. The number of aromatic amines is 5. The lowest BCUT2D eigenvalue weighted by Gasteiger charge is -1.83. The van der Waals surface area contributed by atoms with Crippen molar-refractivity contribution < 1.29 is 0 Å². The largest absolute Gasteiger partial charge is 0.342 e. The van der Waals surface area contributed by atoms with Crippen LogP contribution in [0, 0.1) is 0 Å². The Hall–Kier alpha value is -3.50. The van der Waals surface area contributed by atoms with Crippen molar-refractivity contribution in [3.8, 4) is 0 Å². The number of aromatic nitrogens is 8. The van der Waals surface area contributed by atoms with Gasteiger partial charge in [0.15, 0.2) is 5.65 Å².